The van der Waals surface area contributed by atoms with Crippen molar-refractivity contribution >= 4 is 0 Å². The van der Waals surface area contributed by atoms with Gasteiger partial charge in [-0.1, -0.05) is 30.7 Å². The van der Waals surface area contributed by atoms with Crippen LogP contribution >= 0.6 is 0 Å². The van der Waals surface area contributed by atoms with E-state index < -0.39 is 0 Å². The highest BCUT2D eigenvalue weighted by molar-refractivity contribution is 5.29. The molecular formula is C18H27NO. The van der Waals surface area contributed by atoms with E-state index in [9.17, 15) is 0 Å². The van der Waals surface area contributed by atoms with E-state index in [-0.39, 0.29) is 6.04 Å². The number of nitrogens with two attached hydrogens (primary N) is 1. The highest BCUT2D eigenvalue weighted by Crippen LogP contribution is 2.37. The average molecular weight is 273 g/mol. The van der Waals surface area contributed by atoms with Crippen LogP contribution in [0.4, 0.5) is 0 Å². The monoisotopic (exact) mass is 273 g/mol. The Morgan fingerprint density at radius 1 is 1.15 bits per heavy atom. The van der Waals surface area contributed by atoms with Gasteiger partial charge in [-0.15, -0.1) is 0 Å². The van der Waals surface area contributed by atoms with Crippen molar-refractivity contribution in [3.63, 3.8) is 0 Å². The van der Waals surface area contributed by atoms with Gasteiger partial charge in [-0.2, -0.15) is 0 Å². The zero-order valence-electron chi connectivity index (χ0n) is 12.4. The van der Waals surface area contributed by atoms with Gasteiger partial charge in [-0.25, -0.2) is 0 Å². The maximum Gasteiger partial charge on any atom is 0.0575 e. The molecule has 110 valence electrons. The Bertz CT molecular complexity index is 421. The lowest BCUT2D eigenvalue weighted by atomic mass is 9.79. The fourth-order valence-corrected chi connectivity index (χ4v) is 3.35. The molecule has 1 aliphatic heterocycles. The summed E-state index contributed by atoms with van der Waals surface area (Å²) < 4.78 is 5.80. The molecular weight excluding hydrogens is 246 g/mol. The number of hydrogen-bond donors (Lipinski definition) is 1. The molecule has 2 heteroatoms. The molecule has 2 nitrogen and oxygen atoms in total. The quantitative estimate of drug-likeness (QED) is 0.868. The van der Waals surface area contributed by atoms with Crippen LogP contribution in [-0.2, 0) is 4.74 Å². The lowest BCUT2D eigenvalue weighted by Gasteiger charge is -2.27. The first-order valence-corrected chi connectivity index (χ1v) is 8.30. The van der Waals surface area contributed by atoms with Crippen molar-refractivity contribution in [3.8, 4) is 0 Å². The predicted octanol–water partition coefficient (Wildman–Crippen LogP) is 4.30. The molecule has 2 fully saturated rings. The summed E-state index contributed by atoms with van der Waals surface area (Å²) in [6.07, 6.45) is 10.5. The molecule has 1 aromatic carbocycles. The molecule has 0 bridgehead atoms. The third-order valence-electron chi connectivity index (χ3n) is 4.99. The summed E-state index contributed by atoms with van der Waals surface area (Å²) >= 11 is 0. The van der Waals surface area contributed by atoms with Crippen LogP contribution < -0.4 is 5.73 Å². The van der Waals surface area contributed by atoms with Crippen LogP contribution in [0.3, 0.4) is 0 Å². The number of benzene rings is 1. The van der Waals surface area contributed by atoms with Gasteiger partial charge < -0.3 is 10.5 Å². The van der Waals surface area contributed by atoms with Crippen molar-refractivity contribution in [2.24, 2.45) is 5.73 Å². The number of hydrogen-bond acceptors (Lipinski definition) is 2. The van der Waals surface area contributed by atoms with Crippen molar-refractivity contribution < 1.29 is 4.74 Å². The minimum atomic E-state index is 0.167. The third kappa shape index (κ3) is 3.42. The van der Waals surface area contributed by atoms with Gasteiger partial charge in [-0.3, -0.25) is 0 Å². The summed E-state index contributed by atoms with van der Waals surface area (Å²) in [6, 6.07) is 9.15. The molecule has 0 amide bonds. The molecule has 1 heterocycles. The van der Waals surface area contributed by atoms with Crippen molar-refractivity contribution in [3.05, 3.63) is 35.4 Å². The predicted molar refractivity (Wildman–Crippen MR) is 82.8 cm³/mol. The fourth-order valence-electron chi connectivity index (χ4n) is 3.35. The van der Waals surface area contributed by atoms with Crippen LogP contribution in [0.5, 0.6) is 0 Å². The molecule has 1 saturated heterocycles. The molecule has 2 N–H and O–H groups in total. The van der Waals surface area contributed by atoms with Crippen LogP contribution in [0.2, 0.25) is 0 Å². The van der Waals surface area contributed by atoms with Crippen LogP contribution in [0.15, 0.2) is 24.3 Å². The first-order chi connectivity index (χ1) is 9.83. The minimum Gasteiger partial charge on any atom is -0.378 e. The van der Waals surface area contributed by atoms with Crippen molar-refractivity contribution in [2.75, 3.05) is 6.61 Å². The Morgan fingerprint density at radius 3 is 2.75 bits per heavy atom. The smallest absolute Gasteiger partial charge is 0.0575 e. The molecule has 2 atom stereocenters. The van der Waals surface area contributed by atoms with Gasteiger partial charge in [0.25, 0.3) is 0 Å². The topological polar surface area (TPSA) is 35.2 Å². The summed E-state index contributed by atoms with van der Waals surface area (Å²) in [4.78, 5) is 0. The Balaban J connectivity index is 1.54. The Morgan fingerprint density at radius 2 is 2.05 bits per heavy atom. The number of rotatable bonds is 5. The molecule has 0 radical (unpaired) electrons. The van der Waals surface area contributed by atoms with E-state index in [1.165, 1.54) is 49.7 Å². The summed E-state index contributed by atoms with van der Waals surface area (Å²) in [5, 5.41) is 0. The van der Waals surface area contributed by atoms with Crippen molar-refractivity contribution in [2.45, 2.75) is 69.4 Å². The van der Waals surface area contributed by atoms with E-state index in [4.69, 9.17) is 10.5 Å². The summed E-state index contributed by atoms with van der Waals surface area (Å²) in [5.74, 6) is 0.795. The summed E-state index contributed by atoms with van der Waals surface area (Å²) in [7, 11) is 0. The molecule has 20 heavy (non-hydrogen) atoms. The molecule has 1 aromatic rings. The van der Waals surface area contributed by atoms with E-state index >= 15 is 0 Å². The van der Waals surface area contributed by atoms with Crippen molar-refractivity contribution in [1.29, 1.82) is 0 Å². The highest BCUT2D eigenvalue weighted by atomic mass is 16.5. The zero-order valence-corrected chi connectivity index (χ0v) is 12.4. The van der Waals surface area contributed by atoms with E-state index in [0.29, 0.717) is 6.10 Å². The van der Waals surface area contributed by atoms with Gasteiger partial charge in [0.15, 0.2) is 0 Å². The van der Waals surface area contributed by atoms with E-state index in [1.807, 2.05) is 0 Å². The SMILES string of the molecule is NC(CCC1CCCCO1)c1cccc(C2CCC2)c1. The molecule has 1 aliphatic carbocycles. The van der Waals surface area contributed by atoms with E-state index in [0.717, 1.165) is 25.4 Å². The van der Waals surface area contributed by atoms with Crippen LogP contribution in [-0.4, -0.2) is 12.7 Å². The molecule has 1 saturated carbocycles. The molecule has 2 unspecified atom stereocenters. The maximum atomic E-state index is 6.39. The van der Waals surface area contributed by atoms with Gasteiger partial charge in [-0.05, 0) is 62.0 Å². The van der Waals surface area contributed by atoms with Gasteiger partial charge in [0, 0.05) is 12.6 Å². The standard InChI is InChI=1S/C18H27NO/c19-18(11-10-17-9-1-2-12-20-17)16-8-4-7-15(13-16)14-5-3-6-14/h4,7-8,13-14,17-18H,1-3,5-6,9-12,19H2. The zero-order chi connectivity index (χ0) is 13.8. The average Bonchev–Trinajstić information content (AvgIpc) is 2.44. The first kappa shape index (κ1) is 14.1. The lowest BCUT2D eigenvalue weighted by molar-refractivity contribution is 0.00912. The van der Waals surface area contributed by atoms with Crippen LogP contribution in [0, 0.1) is 0 Å². The highest BCUT2D eigenvalue weighted by Gasteiger charge is 2.20. The molecule has 0 aromatic heterocycles. The van der Waals surface area contributed by atoms with Gasteiger partial charge in [0.1, 0.15) is 0 Å². The molecule has 0 spiro atoms. The first-order valence-electron chi connectivity index (χ1n) is 8.30. The largest absolute Gasteiger partial charge is 0.378 e. The Hall–Kier alpha value is -0.860. The Labute approximate surface area is 122 Å². The third-order valence-corrected chi connectivity index (χ3v) is 4.99. The Kier molecular flexibility index (Phi) is 4.74. The second kappa shape index (κ2) is 6.73. The van der Waals surface area contributed by atoms with Gasteiger partial charge >= 0.3 is 0 Å². The summed E-state index contributed by atoms with van der Waals surface area (Å²) in [6.45, 7) is 0.942. The summed E-state index contributed by atoms with van der Waals surface area (Å²) in [5.41, 5.74) is 9.19. The van der Waals surface area contributed by atoms with Crippen LogP contribution in [0.25, 0.3) is 0 Å². The second-order valence-electron chi connectivity index (χ2n) is 6.47. The van der Waals surface area contributed by atoms with E-state index in [1.54, 1.807) is 0 Å². The lowest BCUT2D eigenvalue weighted by Crippen LogP contribution is -2.21. The van der Waals surface area contributed by atoms with Gasteiger partial charge in [0.2, 0.25) is 0 Å². The van der Waals surface area contributed by atoms with E-state index in [2.05, 4.69) is 24.3 Å². The van der Waals surface area contributed by atoms with Gasteiger partial charge in [0.05, 0.1) is 6.10 Å². The molecule has 2 aliphatic rings. The van der Waals surface area contributed by atoms with Crippen molar-refractivity contribution in [1.82, 2.24) is 0 Å². The minimum absolute atomic E-state index is 0.167. The molecule has 3 rings (SSSR count). The number of ether oxygens (including phenoxy) is 1. The normalized spacial score (nSPS) is 25.1. The fraction of sp³-hybridized carbons (Fsp3) is 0.667. The van der Waals surface area contributed by atoms with Crippen LogP contribution in [0.1, 0.15) is 74.5 Å². The second-order valence-corrected chi connectivity index (χ2v) is 6.47. The maximum absolute atomic E-state index is 6.39.